The average Bonchev–Trinajstić information content (AvgIpc) is 2.73. The largest absolute Gasteiger partial charge is 0.573 e. The molecule has 1 N–H and O–H groups in total. The van der Waals surface area contributed by atoms with Crippen LogP contribution < -0.4 is 24.3 Å². The van der Waals surface area contributed by atoms with Crippen molar-refractivity contribution in [2.45, 2.75) is 25.8 Å². The number of methoxy groups -OCH3 is 3. The monoisotopic (exact) mass is 457 g/mol. The highest BCUT2D eigenvalue weighted by molar-refractivity contribution is 5.95. The van der Waals surface area contributed by atoms with Gasteiger partial charge in [-0.2, -0.15) is 0 Å². The number of esters is 1. The van der Waals surface area contributed by atoms with Crippen molar-refractivity contribution in [1.29, 1.82) is 0 Å². The van der Waals surface area contributed by atoms with Gasteiger partial charge in [-0.25, -0.2) is 0 Å². The summed E-state index contributed by atoms with van der Waals surface area (Å²) in [5, 5.41) is 2.44. The first kappa shape index (κ1) is 24.6. The first-order valence-electron chi connectivity index (χ1n) is 9.21. The van der Waals surface area contributed by atoms with Crippen LogP contribution in [0.3, 0.4) is 0 Å². The number of amides is 1. The molecule has 0 radical (unpaired) electrons. The standard InChI is InChI=1S/C21H22F3NO7/c1-12(20(27)25-14-5-7-15(8-6-14)32-21(22,23)24)31-18(26)11-13-9-16(28-2)19(30-4)17(10-13)29-3/h5-10,12H,11H2,1-4H3,(H,25,27). The van der Waals surface area contributed by atoms with E-state index in [1.54, 1.807) is 12.1 Å². The van der Waals surface area contributed by atoms with Gasteiger partial charge in [0.05, 0.1) is 27.8 Å². The Morgan fingerprint density at radius 2 is 1.53 bits per heavy atom. The Kier molecular flexibility index (Phi) is 8.16. The predicted octanol–water partition coefficient (Wildman–Crippen LogP) is 3.72. The molecule has 1 atom stereocenters. The number of benzene rings is 2. The van der Waals surface area contributed by atoms with Gasteiger partial charge in [0.25, 0.3) is 5.91 Å². The Bertz CT molecular complexity index is 920. The number of hydrogen-bond acceptors (Lipinski definition) is 7. The highest BCUT2D eigenvalue weighted by Gasteiger charge is 2.31. The second kappa shape index (κ2) is 10.6. The molecule has 0 aliphatic carbocycles. The van der Waals surface area contributed by atoms with Gasteiger partial charge in [-0.15, -0.1) is 13.2 Å². The molecule has 1 unspecified atom stereocenters. The second-order valence-electron chi connectivity index (χ2n) is 6.40. The van der Waals surface area contributed by atoms with Gasteiger partial charge in [0.1, 0.15) is 5.75 Å². The van der Waals surface area contributed by atoms with Gasteiger partial charge in [0, 0.05) is 5.69 Å². The van der Waals surface area contributed by atoms with Gasteiger partial charge in [0.15, 0.2) is 17.6 Å². The third-order valence-corrected chi connectivity index (χ3v) is 4.11. The van der Waals surface area contributed by atoms with Gasteiger partial charge in [0.2, 0.25) is 5.75 Å². The molecule has 8 nitrogen and oxygen atoms in total. The van der Waals surface area contributed by atoms with Crippen LogP contribution in [0.25, 0.3) is 0 Å². The Morgan fingerprint density at radius 3 is 2.00 bits per heavy atom. The molecule has 2 aromatic carbocycles. The average molecular weight is 457 g/mol. The lowest BCUT2D eigenvalue weighted by molar-refractivity contribution is -0.274. The van der Waals surface area contributed by atoms with Crippen molar-refractivity contribution < 1.29 is 46.4 Å². The summed E-state index contributed by atoms with van der Waals surface area (Å²) in [5.74, 6) is -0.688. The summed E-state index contributed by atoms with van der Waals surface area (Å²) in [6.07, 6.45) is -6.14. The van der Waals surface area contributed by atoms with E-state index in [0.717, 1.165) is 12.1 Å². The molecule has 0 saturated carbocycles. The van der Waals surface area contributed by atoms with Crippen molar-refractivity contribution in [3.05, 3.63) is 42.0 Å². The predicted molar refractivity (Wildman–Crippen MR) is 107 cm³/mol. The normalized spacial score (nSPS) is 11.8. The molecule has 11 heteroatoms. The van der Waals surface area contributed by atoms with Crippen LogP contribution in [0.2, 0.25) is 0 Å². The highest BCUT2D eigenvalue weighted by Crippen LogP contribution is 2.38. The molecule has 0 aliphatic rings. The number of alkyl halides is 3. The van der Waals surface area contributed by atoms with Gasteiger partial charge in [-0.3, -0.25) is 9.59 Å². The zero-order valence-corrected chi connectivity index (χ0v) is 17.7. The first-order chi connectivity index (χ1) is 15.1. The van der Waals surface area contributed by atoms with Crippen molar-refractivity contribution in [3.63, 3.8) is 0 Å². The molecule has 0 aromatic heterocycles. The van der Waals surface area contributed by atoms with E-state index in [4.69, 9.17) is 18.9 Å². The van der Waals surface area contributed by atoms with Gasteiger partial charge in [-0.1, -0.05) is 0 Å². The minimum absolute atomic E-state index is 0.169. The van der Waals surface area contributed by atoms with E-state index in [2.05, 4.69) is 10.1 Å². The van der Waals surface area contributed by atoms with E-state index in [0.29, 0.717) is 22.8 Å². The zero-order valence-electron chi connectivity index (χ0n) is 17.7. The lowest BCUT2D eigenvalue weighted by atomic mass is 10.1. The molecule has 32 heavy (non-hydrogen) atoms. The molecule has 174 valence electrons. The highest BCUT2D eigenvalue weighted by atomic mass is 19.4. The Hall–Kier alpha value is -3.63. The molecule has 0 fully saturated rings. The molecular formula is C21H22F3NO7. The van der Waals surface area contributed by atoms with Crippen LogP contribution in [0.5, 0.6) is 23.0 Å². The Balaban J connectivity index is 1.96. The van der Waals surface area contributed by atoms with Crippen molar-refractivity contribution in [2.75, 3.05) is 26.6 Å². The number of carbonyl (C=O) groups excluding carboxylic acids is 2. The molecule has 2 aromatic rings. The molecule has 1 amide bonds. The number of nitrogens with one attached hydrogen (secondary N) is 1. The summed E-state index contributed by atoms with van der Waals surface area (Å²) >= 11 is 0. The maximum absolute atomic E-state index is 12.3. The Morgan fingerprint density at radius 1 is 0.969 bits per heavy atom. The molecule has 0 heterocycles. The lowest BCUT2D eigenvalue weighted by Crippen LogP contribution is -2.30. The number of halogens is 3. The summed E-state index contributed by atoms with van der Waals surface area (Å²) in [4.78, 5) is 24.5. The van der Waals surface area contributed by atoms with Crippen LogP contribution >= 0.6 is 0 Å². The number of hydrogen-bond donors (Lipinski definition) is 1. The topological polar surface area (TPSA) is 92.3 Å². The summed E-state index contributed by atoms with van der Waals surface area (Å²) in [7, 11) is 4.33. The second-order valence-corrected chi connectivity index (χ2v) is 6.40. The number of carbonyl (C=O) groups is 2. The van der Waals surface area contributed by atoms with Crippen LogP contribution in [0.15, 0.2) is 36.4 Å². The quantitative estimate of drug-likeness (QED) is 0.574. The fourth-order valence-corrected chi connectivity index (χ4v) is 2.68. The van der Waals surface area contributed by atoms with E-state index < -0.39 is 30.1 Å². The molecular weight excluding hydrogens is 435 g/mol. The van der Waals surface area contributed by atoms with Crippen LogP contribution in [0.1, 0.15) is 12.5 Å². The van der Waals surface area contributed by atoms with Crippen molar-refractivity contribution in [2.24, 2.45) is 0 Å². The van der Waals surface area contributed by atoms with Gasteiger partial charge in [-0.05, 0) is 48.9 Å². The summed E-state index contributed by atoms with van der Waals surface area (Å²) in [6.45, 7) is 1.36. The van der Waals surface area contributed by atoms with E-state index in [9.17, 15) is 22.8 Å². The van der Waals surface area contributed by atoms with Crippen molar-refractivity contribution >= 4 is 17.6 Å². The van der Waals surface area contributed by atoms with Gasteiger partial charge >= 0.3 is 12.3 Å². The molecule has 0 aliphatic heterocycles. The summed E-state index contributed by atoms with van der Waals surface area (Å²) < 4.78 is 61.2. The third-order valence-electron chi connectivity index (χ3n) is 4.11. The summed E-state index contributed by atoms with van der Waals surface area (Å²) in [5.41, 5.74) is 0.717. The smallest absolute Gasteiger partial charge is 0.493 e. The third kappa shape index (κ3) is 6.96. The summed E-state index contributed by atoms with van der Waals surface area (Å²) in [6, 6.07) is 7.71. The fraction of sp³-hybridized carbons (Fsp3) is 0.333. The molecule has 2 rings (SSSR count). The Labute approximate surface area is 182 Å². The fourth-order valence-electron chi connectivity index (χ4n) is 2.68. The molecule has 0 spiro atoms. The minimum atomic E-state index is -4.81. The first-order valence-corrected chi connectivity index (χ1v) is 9.21. The van der Waals surface area contributed by atoms with E-state index in [1.165, 1.54) is 40.4 Å². The number of ether oxygens (including phenoxy) is 5. The maximum atomic E-state index is 12.3. The van der Waals surface area contributed by atoms with E-state index >= 15 is 0 Å². The van der Waals surface area contributed by atoms with Crippen LogP contribution in [-0.2, 0) is 20.7 Å². The van der Waals surface area contributed by atoms with E-state index in [1.807, 2.05) is 0 Å². The molecule has 0 saturated heterocycles. The molecule has 0 bridgehead atoms. The maximum Gasteiger partial charge on any atom is 0.573 e. The lowest BCUT2D eigenvalue weighted by Gasteiger charge is -2.16. The van der Waals surface area contributed by atoms with Crippen LogP contribution in [0, 0.1) is 0 Å². The van der Waals surface area contributed by atoms with Crippen molar-refractivity contribution in [1.82, 2.24) is 0 Å². The number of anilines is 1. The minimum Gasteiger partial charge on any atom is -0.493 e. The number of rotatable bonds is 9. The van der Waals surface area contributed by atoms with Crippen molar-refractivity contribution in [3.8, 4) is 23.0 Å². The van der Waals surface area contributed by atoms with Crippen LogP contribution in [0.4, 0.5) is 18.9 Å². The zero-order chi connectivity index (χ0) is 23.9. The van der Waals surface area contributed by atoms with Crippen LogP contribution in [-0.4, -0.2) is 45.7 Å². The van der Waals surface area contributed by atoms with E-state index in [-0.39, 0.29) is 12.1 Å². The van der Waals surface area contributed by atoms with Gasteiger partial charge < -0.3 is 29.0 Å². The SMILES string of the molecule is COc1cc(CC(=O)OC(C)C(=O)Nc2ccc(OC(F)(F)F)cc2)cc(OC)c1OC.